The zero-order valence-electron chi connectivity index (χ0n) is 9.46. The van der Waals surface area contributed by atoms with Crippen molar-refractivity contribution < 1.29 is 4.39 Å². The zero-order valence-corrected chi connectivity index (χ0v) is 9.46. The quantitative estimate of drug-likeness (QED) is 0.805. The predicted octanol–water partition coefficient (Wildman–Crippen LogP) is 2.26. The molecule has 1 heterocycles. The fourth-order valence-corrected chi connectivity index (χ4v) is 1.67. The van der Waals surface area contributed by atoms with Crippen LogP contribution in [0.5, 0.6) is 0 Å². The lowest BCUT2D eigenvalue weighted by atomic mass is 9.85. The second-order valence-corrected chi connectivity index (χ2v) is 4.10. The molecule has 5 heteroatoms. The molecule has 1 fully saturated rings. The van der Waals surface area contributed by atoms with Crippen LogP contribution in [0.2, 0.25) is 0 Å². The molecule has 88 valence electrons. The van der Waals surface area contributed by atoms with Crippen molar-refractivity contribution in [2.45, 2.75) is 26.2 Å². The van der Waals surface area contributed by atoms with Crippen molar-refractivity contribution in [3.8, 4) is 0 Å². The Morgan fingerprint density at radius 3 is 2.88 bits per heavy atom. The van der Waals surface area contributed by atoms with E-state index in [1.54, 1.807) is 0 Å². The SMILES string of the molecule is CCNc1ncc(F)c(NCC2CCC2)n1. The molecule has 1 aliphatic rings. The standard InChI is InChI=1S/C11H17FN4/c1-2-13-11-15-7-9(12)10(16-11)14-6-8-4-3-5-8/h7-8H,2-6H2,1H3,(H2,13,14,15,16). The van der Waals surface area contributed by atoms with Gasteiger partial charge in [-0.05, 0) is 25.7 Å². The molecule has 0 aliphatic heterocycles. The van der Waals surface area contributed by atoms with E-state index in [9.17, 15) is 4.39 Å². The average molecular weight is 224 g/mol. The Hall–Kier alpha value is -1.39. The van der Waals surface area contributed by atoms with Gasteiger partial charge in [-0.2, -0.15) is 4.98 Å². The summed E-state index contributed by atoms with van der Waals surface area (Å²) in [5, 5.41) is 6.01. The Morgan fingerprint density at radius 2 is 2.25 bits per heavy atom. The van der Waals surface area contributed by atoms with E-state index in [1.165, 1.54) is 25.5 Å². The van der Waals surface area contributed by atoms with E-state index < -0.39 is 0 Å². The number of rotatable bonds is 5. The largest absolute Gasteiger partial charge is 0.367 e. The van der Waals surface area contributed by atoms with Crippen LogP contribution < -0.4 is 10.6 Å². The van der Waals surface area contributed by atoms with E-state index in [-0.39, 0.29) is 5.82 Å². The van der Waals surface area contributed by atoms with Crippen LogP contribution in [0.1, 0.15) is 26.2 Å². The van der Waals surface area contributed by atoms with Gasteiger partial charge < -0.3 is 10.6 Å². The second kappa shape index (κ2) is 5.09. The van der Waals surface area contributed by atoms with Gasteiger partial charge in [-0.3, -0.25) is 0 Å². The first-order chi connectivity index (χ1) is 7.79. The van der Waals surface area contributed by atoms with E-state index in [0.29, 0.717) is 17.7 Å². The molecule has 0 aromatic carbocycles. The molecule has 0 saturated heterocycles. The van der Waals surface area contributed by atoms with Crippen molar-refractivity contribution in [1.29, 1.82) is 0 Å². The minimum absolute atomic E-state index is 0.304. The van der Waals surface area contributed by atoms with E-state index in [2.05, 4.69) is 20.6 Å². The Kier molecular flexibility index (Phi) is 3.54. The summed E-state index contributed by atoms with van der Waals surface area (Å²) in [5.74, 6) is 1.07. The van der Waals surface area contributed by atoms with Crippen molar-refractivity contribution in [2.75, 3.05) is 23.7 Å². The third kappa shape index (κ3) is 2.59. The first-order valence-electron chi connectivity index (χ1n) is 5.80. The van der Waals surface area contributed by atoms with Crippen LogP contribution in [0.4, 0.5) is 16.2 Å². The number of aromatic nitrogens is 2. The monoisotopic (exact) mass is 224 g/mol. The molecule has 0 amide bonds. The van der Waals surface area contributed by atoms with E-state index in [1.807, 2.05) is 6.92 Å². The Labute approximate surface area is 94.7 Å². The third-order valence-corrected chi connectivity index (χ3v) is 2.86. The molecule has 1 aromatic heterocycles. The molecule has 4 nitrogen and oxygen atoms in total. The predicted molar refractivity (Wildman–Crippen MR) is 62.0 cm³/mol. The minimum atomic E-state index is -0.388. The molecule has 1 aromatic rings. The summed E-state index contributed by atoms with van der Waals surface area (Å²) in [6.07, 6.45) is 4.97. The van der Waals surface area contributed by atoms with Crippen molar-refractivity contribution in [2.24, 2.45) is 5.92 Å². The first kappa shape index (κ1) is 11.1. The highest BCUT2D eigenvalue weighted by Crippen LogP contribution is 2.26. The van der Waals surface area contributed by atoms with Crippen LogP contribution in [-0.2, 0) is 0 Å². The van der Waals surface area contributed by atoms with Gasteiger partial charge in [0.2, 0.25) is 5.95 Å². The molecule has 1 saturated carbocycles. The van der Waals surface area contributed by atoms with Crippen LogP contribution in [0.25, 0.3) is 0 Å². The van der Waals surface area contributed by atoms with Crippen LogP contribution >= 0.6 is 0 Å². The van der Waals surface area contributed by atoms with Crippen molar-refractivity contribution in [1.82, 2.24) is 9.97 Å². The van der Waals surface area contributed by atoms with Gasteiger partial charge in [-0.25, -0.2) is 9.37 Å². The summed E-state index contributed by atoms with van der Waals surface area (Å²) >= 11 is 0. The molecule has 0 spiro atoms. The highest BCUT2D eigenvalue weighted by Gasteiger charge is 2.17. The van der Waals surface area contributed by atoms with Gasteiger partial charge in [0.05, 0.1) is 6.20 Å². The molecular formula is C11H17FN4. The normalized spacial score (nSPS) is 15.6. The van der Waals surface area contributed by atoms with Gasteiger partial charge in [0.1, 0.15) is 0 Å². The maximum Gasteiger partial charge on any atom is 0.224 e. The zero-order chi connectivity index (χ0) is 11.4. The molecular weight excluding hydrogens is 207 g/mol. The van der Waals surface area contributed by atoms with Crippen LogP contribution in [0.3, 0.4) is 0 Å². The van der Waals surface area contributed by atoms with Crippen molar-refractivity contribution in [3.63, 3.8) is 0 Å². The van der Waals surface area contributed by atoms with Gasteiger partial charge >= 0.3 is 0 Å². The molecule has 2 N–H and O–H groups in total. The Balaban J connectivity index is 1.96. The van der Waals surface area contributed by atoms with Gasteiger partial charge in [0.25, 0.3) is 0 Å². The summed E-state index contributed by atoms with van der Waals surface area (Å²) in [6, 6.07) is 0. The Bertz CT molecular complexity index is 352. The molecule has 0 atom stereocenters. The number of anilines is 2. The van der Waals surface area contributed by atoms with Gasteiger partial charge in [-0.15, -0.1) is 0 Å². The summed E-state index contributed by atoms with van der Waals surface area (Å²) in [6.45, 7) is 3.49. The van der Waals surface area contributed by atoms with Gasteiger partial charge in [0.15, 0.2) is 11.6 Å². The van der Waals surface area contributed by atoms with E-state index in [4.69, 9.17) is 0 Å². The minimum Gasteiger partial charge on any atom is -0.367 e. The average Bonchev–Trinajstić information content (AvgIpc) is 2.21. The van der Waals surface area contributed by atoms with E-state index >= 15 is 0 Å². The summed E-state index contributed by atoms with van der Waals surface area (Å²) < 4.78 is 13.4. The lowest BCUT2D eigenvalue weighted by Gasteiger charge is -2.25. The number of halogens is 1. The molecule has 0 bridgehead atoms. The van der Waals surface area contributed by atoms with Gasteiger partial charge in [-0.1, -0.05) is 6.42 Å². The maximum absolute atomic E-state index is 13.4. The van der Waals surface area contributed by atoms with Crippen LogP contribution in [0.15, 0.2) is 6.20 Å². The molecule has 0 unspecified atom stereocenters. The maximum atomic E-state index is 13.4. The van der Waals surface area contributed by atoms with Crippen LogP contribution in [0, 0.1) is 11.7 Å². The van der Waals surface area contributed by atoms with Crippen LogP contribution in [-0.4, -0.2) is 23.1 Å². The fourth-order valence-electron chi connectivity index (χ4n) is 1.67. The number of hydrogen-bond acceptors (Lipinski definition) is 4. The molecule has 0 radical (unpaired) electrons. The second-order valence-electron chi connectivity index (χ2n) is 4.10. The van der Waals surface area contributed by atoms with Gasteiger partial charge in [0, 0.05) is 13.1 Å². The van der Waals surface area contributed by atoms with E-state index in [0.717, 1.165) is 13.1 Å². The molecule has 1 aliphatic carbocycles. The lowest BCUT2D eigenvalue weighted by molar-refractivity contribution is 0.333. The summed E-state index contributed by atoms with van der Waals surface area (Å²) in [4.78, 5) is 7.94. The number of nitrogens with zero attached hydrogens (tertiary/aromatic N) is 2. The highest BCUT2D eigenvalue weighted by molar-refractivity contribution is 5.41. The summed E-state index contributed by atoms with van der Waals surface area (Å²) in [7, 11) is 0. The highest BCUT2D eigenvalue weighted by atomic mass is 19.1. The topological polar surface area (TPSA) is 49.8 Å². The lowest BCUT2D eigenvalue weighted by Crippen LogP contribution is -2.22. The fraction of sp³-hybridized carbons (Fsp3) is 0.636. The first-order valence-corrected chi connectivity index (χ1v) is 5.80. The van der Waals surface area contributed by atoms with Crippen molar-refractivity contribution >= 4 is 11.8 Å². The number of hydrogen-bond donors (Lipinski definition) is 2. The Morgan fingerprint density at radius 1 is 1.44 bits per heavy atom. The molecule has 16 heavy (non-hydrogen) atoms. The summed E-state index contributed by atoms with van der Waals surface area (Å²) in [5.41, 5.74) is 0. The third-order valence-electron chi connectivity index (χ3n) is 2.86. The smallest absolute Gasteiger partial charge is 0.224 e. The van der Waals surface area contributed by atoms with Crippen molar-refractivity contribution in [3.05, 3.63) is 12.0 Å². The molecule has 2 rings (SSSR count). The number of nitrogens with one attached hydrogen (secondary N) is 2.